The number of carbonyl (C=O) groups is 1. The lowest BCUT2D eigenvalue weighted by Crippen LogP contribution is -2.13. The standard InChI is InChI=1S/C16H13ClN2O2S2/c1-9-3-6-14(23-9)16-19-12(8-22-16)15(20)18-11-7-10(17)4-5-13(11)21-2/h3-8H,1-2H3,(H,18,20). The maximum Gasteiger partial charge on any atom is 0.275 e. The second kappa shape index (κ2) is 6.70. The number of thiazole rings is 1. The first-order valence-corrected chi connectivity index (χ1v) is 8.81. The molecule has 0 fully saturated rings. The third-order valence-electron chi connectivity index (χ3n) is 3.10. The van der Waals surface area contributed by atoms with E-state index in [0.29, 0.717) is 22.2 Å². The van der Waals surface area contributed by atoms with Crippen molar-refractivity contribution in [1.29, 1.82) is 0 Å². The van der Waals surface area contributed by atoms with Gasteiger partial charge in [-0.15, -0.1) is 22.7 Å². The Balaban J connectivity index is 1.82. The summed E-state index contributed by atoms with van der Waals surface area (Å²) < 4.78 is 5.22. The quantitative estimate of drug-likeness (QED) is 0.701. The van der Waals surface area contributed by atoms with Crippen LogP contribution in [0.3, 0.4) is 0 Å². The van der Waals surface area contributed by atoms with Crippen LogP contribution in [0.4, 0.5) is 5.69 Å². The molecule has 1 amide bonds. The number of rotatable bonds is 4. The summed E-state index contributed by atoms with van der Waals surface area (Å²) >= 11 is 9.08. The first-order chi connectivity index (χ1) is 11.1. The lowest BCUT2D eigenvalue weighted by molar-refractivity contribution is 0.102. The van der Waals surface area contributed by atoms with E-state index in [9.17, 15) is 4.79 Å². The topological polar surface area (TPSA) is 51.2 Å². The molecule has 0 aliphatic heterocycles. The molecule has 0 spiro atoms. The van der Waals surface area contributed by atoms with Crippen molar-refractivity contribution < 1.29 is 9.53 Å². The number of benzene rings is 1. The summed E-state index contributed by atoms with van der Waals surface area (Å²) in [6.07, 6.45) is 0. The van der Waals surface area contributed by atoms with Gasteiger partial charge in [-0.3, -0.25) is 4.79 Å². The molecule has 0 saturated heterocycles. The van der Waals surface area contributed by atoms with E-state index in [1.165, 1.54) is 16.2 Å². The molecule has 0 atom stereocenters. The number of aromatic nitrogens is 1. The molecule has 0 bridgehead atoms. The van der Waals surface area contributed by atoms with E-state index in [-0.39, 0.29) is 5.91 Å². The van der Waals surface area contributed by atoms with Gasteiger partial charge in [-0.05, 0) is 37.3 Å². The molecule has 1 N–H and O–H groups in total. The zero-order valence-corrected chi connectivity index (χ0v) is 14.8. The molecule has 7 heteroatoms. The van der Waals surface area contributed by atoms with Crippen LogP contribution in [0.15, 0.2) is 35.7 Å². The minimum Gasteiger partial charge on any atom is -0.495 e. The molecule has 23 heavy (non-hydrogen) atoms. The van der Waals surface area contributed by atoms with Crippen LogP contribution in [-0.2, 0) is 0 Å². The Kier molecular flexibility index (Phi) is 4.66. The molecular weight excluding hydrogens is 352 g/mol. The molecule has 4 nitrogen and oxygen atoms in total. The van der Waals surface area contributed by atoms with Crippen LogP contribution in [0.1, 0.15) is 15.4 Å². The monoisotopic (exact) mass is 364 g/mol. The second-order valence-corrected chi connectivity index (χ2v) is 7.33. The van der Waals surface area contributed by atoms with Gasteiger partial charge in [0.25, 0.3) is 5.91 Å². The maximum absolute atomic E-state index is 12.4. The van der Waals surface area contributed by atoms with Crippen LogP contribution >= 0.6 is 34.3 Å². The SMILES string of the molecule is COc1ccc(Cl)cc1NC(=O)c1csc(-c2ccc(C)s2)n1. The maximum atomic E-state index is 12.4. The van der Waals surface area contributed by atoms with Gasteiger partial charge < -0.3 is 10.1 Å². The number of carbonyl (C=O) groups excluding carboxylic acids is 1. The zero-order valence-electron chi connectivity index (χ0n) is 12.4. The predicted octanol–water partition coefficient (Wildman–Crippen LogP) is 5.09. The highest BCUT2D eigenvalue weighted by Gasteiger charge is 2.15. The first kappa shape index (κ1) is 16.0. The van der Waals surface area contributed by atoms with Gasteiger partial charge in [0, 0.05) is 15.3 Å². The van der Waals surface area contributed by atoms with E-state index >= 15 is 0 Å². The van der Waals surface area contributed by atoms with Crippen molar-refractivity contribution in [2.75, 3.05) is 12.4 Å². The van der Waals surface area contributed by atoms with Gasteiger partial charge in [-0.25, -0.2) is 4.98 Å². The number of aryl methyl sites for hydroxylation is 1. The number of nitrogens with one attached hydrogen (secondary N) is 1. The highest BCUT2D eigenvalue weighted by Crippen LogP contribution is 2.31. The van der Waals surface area contributed by atoms with Gasteiger partial charge in [-0.2, -0.15) is 0 Å². The van der Waals surface area contributed by atoms with Gasteiger partial charge in [0.2, 0.25) is 0 Å². The Labute approximate surface area is 146 Å². The molecule has 0 aliphatic rings. The van der Waals surface area contributed by atoms with Crippen molar-refractivity contribution in [1.82, 2.24) is 4.98 Å². The van der Waals surface area contributed by atoms with Crippen LogP contribution in [-0.4, -0.2) is 18.0 Å². The van der Waals surface area contributed by atoms with Crippen molar-refractivity contribution in [3.63, 3.8) is 0 Å². The second-order valence-electron chi connectivity index (χ2n) is 4.75. The molecule has 0 aliphatic carbocycles. The number of thiophene rings is 1. The summed E-state index contributed by atoms with van der Waals surface area (Å²) in [7, 11) is 1.54. The highest BCUT2D eigenvalue weighted by molar-refractivity contribution is 7.21. The van der Waals surface area contributed by atoms with Crippen molar-refractivity contribution in [3.8, 4) is 15.6 Å². The number of hydrogen-bond donors (Lipinski definition) is 1. The summed E-state index contributed by atoms with van der Waals surface area (Å²) in [5, 5.41) is 5.90. The van der Waals surface area contributed by atoms with Crippen molar-refractivity contribution in [3.05, 3.63) is 51.3 Å². The number of ether oxygens (including phenoxy) is 1. The Hall–Kier alpha value is -1.89. The van der Waals surface area contributed by atoms with Crippen molar-refractivity contribution in [2.24, 2.45) is 0 Å². The summed E-state index contributed by atoms with van der Waals surface area (Å²) in [5.74, 6) is 0.258. The van der Waals surface area contributed by atoms with Crippen LogP contribution in [0.2, 0.25) is 5.02 Å². The molecule has 2 aromatic heterocycles. The van der Waals surface area contributed by atoms with Gasteiger partial charge in [0.1, 0.15) is 16.5 Å². The van der Waals surface area contributed by atoms with Crippen molar-refractivity contribution >= 4 is 45.9 Å². The molecule has 3 rings (SSSR count). The third kappa shape index (κ3) is 3.55. The van der Waals surface area contributed by atoms with E-state index in [4.69, 9.17) is 16.3 Å². The average Bonchev–Trinajstić information content (AvgIpc) is 3.16. The number of hydrogen-bond acceptors (Lipinski definition) is 5. The van der Waals surface area contributed by atoms with Crippen molar-refractivity contribution in [2.45, 2.75) is 6.92 Å². The third-order valence-corrected chi connectivity index (χ3v) is 5.34. The van der Waals surface area contributed by atoms with E-state index < -0.39 is 0 Å². The Morgan fingerprint density at radius 3 is 2.83 bits per heavy atom. The van der Waals surface area contributed by atoms with Gasteiger partial charge in [0.15, 0.2) is 0 Å². The summed E-state index contributed by atoms with van der Waals surface area (Å²) in [5.41, 5.74) is 0.893. The van der Waals surface area contributed by atoms with Gasteiger partial charge in [0.05, 0.1) is 17.7 Å². The molecule has 2 heterocycles. The Morgan fingerprint density at radius 2 is 2.13 bits per heavy atom. The predicted molar refractivity (Wildman–Crippen MR) is 96.1 cm³/mol. The Bertz CT molecular complexity index is 857. The molecule has 0 saturated carbocycles. The zero-order chi connectivity index (χ0) is 16.4. The van der Waals surface area contributed by atoms with E-state index in [1.807, 2.05) is 19.1 Å². The molecule has 118 valence electrons. The van der Waals surface area contributed by atoms with Crippen LogP contribution in [0, 0.1) is 6.92 Å². The lowest BCUT2D eigenvalue weighted by Gasteiger charge is -2.09. The van der Waals surface area contributed by atoms with E-state index in [0.717, 1.165) is 9.88 Å². The first-order valence-electron chi connectivity index (χ1n) is 6.74. The fourth-order valence-corrected chi connectivity index (χ4v) is 3.92. The number of amides is 1. The Morgan fingerprint density at radius 1 is 1.30 bits per heavy atom. The van der Waals surface area contributed by atoms with E-state index in [2.05, 4.69) is 10.3 Å². The van der Waals surface area contributed by atoms with Gasteiger partial charge in [-0.1, -0.05) is 11.6 Å². The number of methoxy groups -OCH3 is 1. The lowest BCUT2D eigenvalue weighted by atomic mass is 10.3. The highest BCUT2D eigenvalue weighted by atomic mass is 35.5. The summed E-state index contributed by atoms with van der Waals surface area (Å²) in [6.45, 7) is 2.04. The summed E-state index contributed by atoms with van der Waals surface area (Å²) in [6, 6.07) is 9.11. The molecule has 3 aromatic rings. The van der Waals surface area contributed by atoms with Crippen LogP contribution in [0.25, 0.3) is 9.88 Å². The number of anilines is 1. The fraction of sp³-hybridized carbons (Fsp3) is 0.125. The average molecular weight is 365 g/mol. The largest absolute Gasteiger partial charge is 0.495 e. The van der Waals surface area contributed by atoms with E-state index in [1.54, 1.807) is 42.0 Å². The number of nitrogens with zero attached hydrogens (tertiary/aromatic N) is 1. The van der Waals surface area contributed by atoms with Crippen LogP contribution < -0.4 is 10.1 Å². The minimum absolute atomic E-state index is 0.290. The molecule has 0 unspecified atom stereocenters. The van der Waals surface area contributed by atoms with Gasteiger partial charge >= 0.3 is 0 Å². The fourth-order valence-electron chi connectivity index (χ4n) is 2.00. The molecule has 0 radical (unpaired) electrons. The smallest absolute Gasteiger partial charge is 0.275 e. The number of halogens is 1. The minimum atomic E-state index is -0.290. The summed E-state index contributed by atoms with van der Waals surface area (Å²) in [4.78, 5) is 19.1. The molecular formula is C16H13ClN2O2S2. The van der Waals surface area contributed by atoms with Crippen LogP contribution in [0.5, 0.6) is 5.75 Å². The molecule has 1 aromatic carbocycles. The normalized spacial score (nSPS) is 10.6.